The van der Waals surface area contributed by atoms with Crippen LogP contribution in [-0.2, 0) is 0 Å². The van der Waals surface area contributed by atoms with Gasteiger partial charge in [0.05, 0.1) is 17.1 Å². The highest BCUT2D eigenvalue weighted by atomic mass is 16.6. The minimum absolute atomic E-state index is 0.118. The molecule has 6 heteroatoms. The van der Waals surface area contributed by atoms with Gasteiger partial charge < -0.3 is 10.2 Å². The van der Waals surface area contributed by atoms with Crippen LogP contribution < -0.4 is 5.11 Å². The first kappa shape index (κ1) is 22.8. The summed E-state index contributed by atoms with van der Waals surface area (Å²) in [6.07, 6.45) is 13.6. The highest BCUT2D eigenvalue weighted by Crippen LogP contribution is 2.68. The summed E-state index contributed by atoms with van der Waals surface area (Å²) in [4.78, 5) is 15.0. The number of nitrogens with zero attached hydrogens (tertiary/aromatic N) is 2. The molecule has 0 saturated heterocycles. The number of fused-ring (bicyclic) bond motifs is 5. The maximum Gasteiger partial charge on any atom is 0.270 e. The smallest absolute Gasteiger partial charge is 0.270 e. The number of hydrogen-bond acceptors (Lipinski definition) is 5. The van der Waals surface area contributed by atoms with Gasteiger partial charge in [-0.3, -0.25) is 15.1 Å². The van der Waals surface area contributed by atoms with Gasteiger partial charge in [-0.05, 0) is 86.0 Å². The quantitative estimate of drug-likeness (QED) is 0.382. The van der Waals surface area contributed by atoms with Crippen molar-refractivity contribution in [1.29, 1.82) is 0 Å². The maximum atomic E-state index is 12.1. The van der Waals surface area contributed by atoms with Crippen molar-refractivity contribution in [2.75, 3.05) is 6.54 Å². The normalized spacial score (nSPS) is 42.5. The third kappa shape index (κ3) is 3.51. The Morgan fingerprint density at radius 2 is 1.88 bits per heavy atom. The van der Waals surface area contributed by atoms with Gasteiger partial charge in [-0.2, -0.15) is 0 Å². The maximum absolute atomic E-state index is 12.1. The van der Waals surface area contributed by atoms with E-state index in [1.165, 1.54) is 69.4 Å². The van der Waals surface area contributed by atoms with Crippen molar-refractivity contribution < 1.29 is 15.1 Å². The molecule has 5 rings (SSSR count). The van der Waals surface area contributed by atoms with Gasteiger partial charge in [-0.25, -0.2) is 0 Å². The lowest BCUT2D eigenvalue weighted by atomic mass is 9.44. The van der Waals surface area contributed by atoms with Gasteiger partial charge in [0.25, 0.3) is 5.69 Å². The Hall–Kier alpha value is -1.95. The summed E-state index contributed by atoms with van der Waals surface area (Å²) in [6.45, 7) is 5.10. The van der Waals surface area contributed by atoms with E-state index in [2.05, 4.69) is 18.8 Å². The van der Waals surface area contributed by atoms with Crippen molar-refractivity contribution in [1.82, 2.24) is 0 Å². The molecule has 0 aliphatic heterocycles. The number of nitro benzene ring substituents is 1. The molecule has 4 aliphatic carbocycles. The number of aliphatic hydroxyl groups is 1. The largest absolute Gasteiger partial charge is 0.872 e. The molecular formula is C27H37N2O4-. The SMILES string of the molecule is C[C@@]12CCCC[C@@H]1CC[C@@H]1[C@H]2CC[C@@]2(C)[C@@H]1CC[C@@]2(O)CN=Cc1cc([N+](=O)[O-])ccc1[O-]. The van der Waals surface area contributed by atoms with Crippen LogP contribution in [0.3, 0.4) is 0 Å². The van der Waals surface area contributed by atoms with Crippen LogP contribution in [0.15, 0.2) is 23.2 Å². The number of hydrogen-bond donors (Lipinski definition) is 1. The van der Waals surface area contributed by atoms with E-state index in [9.17, 15) is 20.3 Å². The van der Waals surface area contributed by atoms with E-state index >= 15 is 0 Å². The molecule has 0 aromatic heterocycles. The minimum Gasteiger partial charge on any atom is -0.872 e. The summed E-state index contributed by atoms with van der Waals surface area (Å²) in [7, 11) is 0. The molecule has 4 saturated carbocycles. The van der Waals surface area contributed by atoms with Crippen LogP contribution in [0.1, 0.15) is 83.6 Å². The molecule has 0 amide bonds. The van der Waals surface area contributed by atoms with Gasteiger partial charge in [0.2, 0.25) is 0 Å². The van der Waals surface area contributed by atoms with E-state index in [1.807, 2.05) is 0 Å². The van der Waals surface area contributed by atoms with Crippen LogP contribution in [0.5, 0.6) is 5.75 Å². The van der Waals surface area contributed by atoms with Crippen molar-refractivity contribution >= 4 is 11.9 Å². The Morgan fingerprint density at radius 1 is 1.09 bits per heavy atom. The first-order valence-corrected chi connectivity index (χ1v) is 12.9. The number of non-ortho nitro benzene ring substituents is 1. The summed E-state index contributed by atoms with van der Waals surface area (Å²) in [6, 6.07) is 3.70. The van der Waals surface area contributed by atoms with Crippen LogP contribution >= 0.6 is 0 Å². The topological polar surface area (TPSA) is 98.8 Å². The molecule has 0 heterocycles. The number of aliphatic imine (C=N–C) groups is 1. The van der Waals surface area contributed by atoms with Gasteiger partial charge in [-0.15, -0.1) is 0 Å². The first-order chi connectivity index (χ1) is 15.7. The molecular weight excluding hydrogens is 416 g/mol. The molecule has 0 bridgehead atoms. The molecule has 1 aromatic rings. The van der Waals surface area contributed by atoms with Crippen LogP contribution in [-0.4, -0.2) is 28.4 Å². The summed E-state index contributed by atoms with van der Waals surface area (Å²) < 4.78 is 0. The van der Waals surface area contributed by atoms with Gasteiger partial charge >= 0.3 is 0 Å². The zero-order valence-electron chi connectivity index (χ0n) is 20.0. The molecule has 6 nitrogen and oxygen atoms in total. The predicted molar refractivity (Wildman–Crippen MR) is 126 cm³/mol. The number of benzene rings is 1. The van der Waals surface area contributed by atoms with Crippen LogP contribution in [0.2, 0.25) is 0 Å². The molecule has 7 atom stereocenters. The van der Waals surface area contributed by atoms with E-state index in [1.54, 1.807) is 0 Å². The second-order valence-electron chi connectivity index (χ2n) is 11.9. The Bertz CT molecular complexity index is 963. The van der Waals surface area contributed by atoms with Gasteiger partial charge in [0, 0.05) is 23.8 Å². The Balaban J connectivity index is 1.34. The second kappa shape index (κ2) is 8.07. The van der Waals surface area contributed by atoms with Crippen molar-refractivity contribution in [3.63, 3.8) is 0 Å². The molecule has 180 valence electrons. The monoisotopic (exact) mass is 453 g/mol. The van der Waals surface area contributed by atoms with E-state index in [4.69, 9.17) is 0 Å². The third-order valence-corrected chi connectivity index (χ3v) is 10.7. The molecule has 4 aliphatic rings. The minimum atomic E-state index is -0.882. The van der Waals surface area contributed by atoms with Gasteiger partial charge in [-0.1, -0.05) is 38.5 Å². The Labute approximate surface area is 196 Å². The lowest BCUT2D eigenvalue weighted by Gasteiger charge is -2.61. The lowest BCUT2D eigenvalue weighted by Crippen LogP contribution is -2.56. The summed E-state index contributed by atoms with van der Waals surface area (Å²) in [5.41, 5.74) is -0.472. The van der Waals surface area contributed by atoms with Gasteiger partial charge in [0.15, 0.2) is 0 Å². The third-order valence-electron chi connectivity index (χ3n) is 10.7. The Kier molecular flexibility index (Phi) is 5.58. The van der Waals surface area contributed by atoms with Crippen LogP contribution in [0.4, 0.5) is 5.69 Å². The number of rotatable bonds is 4. The van der Waals surface area contributed by atoms with E-state index in [0.717, 1.165) is 31.1 Å². The van der Waals surface area contributed by atoms with E-state index in [-0.39, 0.29) is 29.0 Å². The van der Waals surface area contributed by atoms with Crippen LogP contribution in [0.25, 0.3) is 0 Å². The molecule has 33 heavy (non-hydrogen) atoms. The first-order valence-electron chi connectivity index (χ1n) is 12.9. The van der Waals surface area contributed by atoms with E-state index in [0.29, 0.717) is 17.3 Å². The molecule has 0 radical (unpaired) electrons. The average molecular weight is 454 g/mol. The van der Waals surface area contributed by atoms with Crippen molar-refractivity contribution in [2.45, 2.75) is 83.7 Å². The summed E-state index contributed by atoms with van der Waals surface area (Å²) in [5.74, 6) is 2.62. The second-order valence-corrected chi connectivity index (χ2v) is 11.9. The fraction of sp³-hybridized carbons (Fsp3) is 0.741. The standard InChI is InChI=1S/C27H38N2O4/c1-25-12-4-3-5-19(25)6-8-21-22(25)10-13-26(2)23(21)11-14-27(26,31)17-28-16-18-15-20(29(32)33)7-9-24(18)30/h7,9,15-16,19,21-23,30-31H,3-6,8,10-14,17H2,1-2H3/p-1/t19-,21-,22-,23-,25-,26+,27-/m1/s1. The summed E-state index contributed by atoms with van der Waals surface area (Å²) >= 11 is 0. The molecule has 0 unspecified atom stereocenters. The zero-order valence-corrected chi connectivity index (χ0v) is 20.0. The van der Waals surface area contributed by atoms with Gasteiger partial charge in [0.1, 0.15) is 0 Å². The van der Waals surface area contributed by atoms with E-state index < -0.39 is 10.5 Å². The molecule has 4 fully saturated rings. The average Bonchev–Trinajstić information content (AvgIpc) is 3.05. The van der Waals surface area contributed by atoms with Crippen molar-refractivity contribution in [3.8, 4) is 5.75 Å². The fourth-order valence-electron chi connectivity index (χ4n) is 8.71. The molecule has 0 spiro atoms. The highest BCUT2D eigenvalue weighted by Gasteiger charge is 2.64. The Morgan fingerprint density at radius 3 is 2.67 bits per heavy atom. The highest BCUT2D eigenvalue weighted by molar-refractivity contribution is 5.84. The molecule has 1 N–H and O–H groups in total. The summed E-state index contributed by atoms with van der Waals surface area (Å²) in [5, 5.41) is 35.0. The van der Waals surface area contributed by atoms with Crippen molar-refractivity contribution in [3.05, 3.63) is 33.9 Å². The molecule has 1 aromatic carbocycles. The fourth-order valence-corrected chi connectivity index (χ4v) is 8.71. The lowest BCUT2D eigenvalue weighted by molar-refractivity contribution is -0.385. The zero-order chi connectivity index (χ0) is 23.4. The van der Waals surface area contributed by atoms with Crippen molar-refractivity contribution in [2.24, 2.45) is 39.5 Å². The number of nitro groups is 1. The predicted octanol–water partition coefficient (Wildman–Crippen LogP) is 5.25. The van der Waals surface area contributed by atoms with Crippen LogP contribution in [0, 0.1) is 44.6 Å².